The molecule has 0 aromatic carbocycles. The maximum absolute atomic E-state index is 12.9. The van der Waals surface area contributed by atoms with Crippen molar-refractivity contribution in [1.29, 1.82) is 0 Å². The summed E-state index contributed by atoms with van der Waals surface area (Å²) >= 11 is 0. The van der Waals surface area contributed by atoms with E-state index in [4.69, 9.17) is 9.05 Å². The van der Waals surface area contributed by atoms with Crippen LogP contribution in [-0.4, -0.2) is 68.5 Å². The highest BCUT2D eigenvalue weighted by molar-refractivity contribution is 7.45. The third-order valence-electron chi connectivity index (χ3n) is 11.3. The van der Waals surface area contributed by atoms with Crippen LogP contribution in [0.25, 0.3) is 0 Å². The van der Waals surface area contributed by atoms with E-state index in [2.05, 4.69) is 55.6 Å². The highest BCUT2D eigenvalue weighted by atomic mass is 31.2. The van der Waals surface area contributed by atoms with E-state index in [1.807, 2.05) is 27.2 Å². The molecule has 0 aromatic rings. The maximum Gasteiger partial charge on any atom is 0.268 e. The van der Waals surface area contributed by atoms with Gasteiger partial charge in [0.2, 0.25) is 5.91 Å². The van der Waals surface area contributed by atoms with E-state index in [-0.39, 0.29) is 12.5 Å². The second kappa shape index (κ2) is 43.7. The SMILES string of the molecule is CCCCCCCCCCC/C=C\C/C=C\CCCCCCCCCC(=O)NC(COP(=O)([O-])OCC[N+](C)(C)C)C(O)/C=C/CC/C=C/CCCCCCCCCCCC. The van der Waals surface area contributed by atoms with Crippen molar-refractivity contribution >= 4 is 13.7 Å². The summed E-state index contributed by atoms with van der Waals surface area (Å²) in [5.41, 5.74) is 0. The van der Waals surface area contributed by atoms with Crippen LogP contribution in [0.4, 0.5) is 0 Å². The lowest BCUT2D eigenvalue weighted by Crippen LogP contribution is -2.45. The summed E-state index contributed by atoms with van der Waals surface area (Å²) in [5.74, 6) is -0.215. The number of phosphoric acid groups is 1. The lowest BCUT2D eigenvalue weighted by atomic mass is 10.1. The van der Waals surface area contributed by atoms with Crippen molar-refractivity contribution < 1.29 is 32.9 Å². The van der Waals surface area contributed by atoms with E-state index < -0.39 is 26.6 Å². The first kappa shape index (κ1) is 59.5. The molecule has 3 atom stereocenters. The molecular formula is C52H99N2O6P. The molecule has 1 amide bonds. The number of nitrogens with zero attached hydrogens (tertiary/aromatic N) is 1. The van der Waals surface area contributed by atoms with Gasteiger partial charge < -0.3 is 28.8 Å². The molecule has 0 radical (unpaired) electrons. The minimum absolute atomic E-state index is 0.00905. The van der Waals surface area contributed by atoms with E-state index in [1.54, 1.807) is 6.08 Å². The molecular weight excluding hydrogens is 780 g/mol. The smallest absolute Gasteiger partial charge is 0.268 e. The number of unbranched alkanes of at least 4 members (excludes halogenated alkanes) is 27. The van der Waals surface area contributed by atoms with Crippen molar-refractivity contribution in [2.24, 2.45) is 0 Å². The molecule has 0 spiro atoms. The van der Waals surface area contributed by atoms with Gasteiger partial charge in [0.05, 0.1) is 39.9 Å². The highest BCUT2D eigenvalue weighted by Crippen LogP contribution is 2.38. The van der Waals surface area contributed by atoms with Gasteiger partial charge in [-0.1, -0.05) is 204 Å². The Hall–Kier alpha value is -1.54. The number of allylic oxidation sites excluding steroid dienone is 7. The third-order valence-corrected chi connectivity index (χ3v) is 12.2. The van der Waals surface area contributed by atoms with Crippen molar-refractivity contribution in [3.63, 3.8) is 0 Å². The monoisotopic (exact) mass is 879 g/mol. The molecule has 358 valence electrons. The van der Waals surface area contributed by atoms with E-state index in [0.29, 0.717) is 17.4 Å². The topological polar surface area (TPSA) is 108 Å². The number of nitrogens with one attached hydrogen (secondary N) is 1. The van der Waals surface area contributed by atoms with Crippen LogP contribution in [0.1, 0.15) is 226 Å². The number of aliphatic hydroxyl groups excluding tert-OH is 1. The molecule has 3 unspecified atom stereocenters. The van der Waals surface area contributed by atoms with Gasteiger partial charge in [-0.2, -0.15) is 0 Å². The molecule has 0 saturated carbocycles. The zero-order chi connectivity index (χ0) is 45.0. The quantitative estimate of drug-likeness (QED) is 0.0273. The van der Waals surface area contributed by atoms with Crippen LogP contribution >= 0.6 is 7.82 Å². The molecule has 0 aliphatic rings. The minimum atomic E-state index is -4.60. The van der Waals surface area contributed by atoms with E-state index in [0.717, 1.165) is 57.8 Å². The minimum Gasteiger partial charge on any atom is -0.756 e. The zero-order valence-electron chi connectivity index (χ0n) is 40.6. The van der Waals surface area contributed by atoms with E-state index in [9.17, 15) is 19.4 Å². The third kappa shape index (κ3) is 46.3. The molecule has 0 heterocycles. The molecule has 0 rings (SSSR count). The van der Waals surface area contributed by atoms with Crippen LogP contribution in [0.2, 0.25) is 0 Å². The summed E-state index contributed by atoms with van der Waals surface area (Å²) in [7, 11) is 1.24. The van der Waals surface area contributed by atoms with Crippen molar-refractivity contribution in [3.05, 3.63) is 48.6 Å². The van der Waals surface area contributed by atoms with Gasteiger partial charge in [-0.05, 0) is 64.2 Å². The molecule has 8 nitrogen and oxygen atoms in total. The van der Waals surface area contributed by atoms with Crippen LogP contribution in [0.15, 0.2) is 48.6 Å². The Morgan fingerprint density at radius 2 is 0.967 bits per heavy atom. The van der Waals surface area contributed by atoms with Gasteiger partial charge >= 0.3 is 0 Å². The van der Waals surface area contributed by atoms with Crippen molar-refractivity contribution in [1.82, 2.24) is 5.32 Å². The first-order valence-electron chi connectivity index (χ1n) is 25.5. The van der Waals surface area contributed by atoms with E-state index in [1.165, 1.54) is 148 Å². The molecule has 0 bridgehead atoms. The van der Waals surface area contributed by atoms with Crippen molar-refractivity contribution in [3.8, 4) is 0 Å². The van der Waals surface area contributed by atoms with Crippen LogP contribution in [-0.2, 0) is 18.4 Å². The Morgan fingerprint density at radius 3 is 1.43 bits per heavy atom. The predicted molar refractivity (Wildman–Crippen MR) is 261 cm³/mol. The number of carbonyl (C=O) groups excluding carboxylic acids is 1. The fourth-order valence-electron chi connectivity index (χ4n) is 7.20. The summed E-state index contributed by atoms with van der Waals surface area (Å²) in [4.78, 5) is 25.4. The van der Waals surface area contributed by atoms with Crippen molar-refractivity contribution in [2.45, 2.75) is 238 Å². The van der Waals surface area contributed by atoms with Gasteiger partial charge in [0.1, 0.15) is 13.2 Å². The average molecular weight is 879 g/mol. The lowest BCUT2D eigenvalue weighted by Gasteiger charge is -2.29. The van der Waals surface area contributed by atoms with Gasteiger partial charge in [0.15, 0.2) is 0 Å². The lowest BCUT2D eigenvalue weighted by molar-refractivity contribution is -0.870. The standard InChI is InChI=1S/C52H99N2O6P/c1-6-8-10-12-14-16-18-20-22-24-25-26-27-28-29-30-32-34-36-38-40-42-44-46-52(56)53-50(49-60-61(57,58)59-48-47-54(3,4)5)51(55)45-43-41-39-37-35-33-31-23-21-19-17-15-13-11-9-7-2/h25-26,28-29,35,37,43,45,50-51,55H,6-24,27,30-34,36,38-42,44,46-49H2,1-5H3,(H-,53,56,57,58)/b26-25-,29-28-,37-35+,45-43+. The van der Waals surface area contributed by atoms with Gasteiger partial charge in [0.25, 0.3) is 7.82 Å². The molecule has 61 heavy (non-hydrogen) atoms. The predicted octanol–water partition coefficient (Wildman–Crippen LogP) is 14.2. The molecule has 9 heteroatoms. The fourth-order valence-corrected chi connectivity index (χ4v) is 7.92. The first-order valence-corrected chi connectivity index (χ1v) is 27.0. The molecule has 0 aliphatic carbocycles. The number of phosphoric ester groups is 1. The van der Waals surface area contributed by atoms with Crippen LogP contribution in [0.3, 0.4) is 0 Å². The zero-order valence-corrected chi connectivity index (χ0v) is 41.5. The Balaban J connectivity index is 4.35. The molecule has 0 saturated heterocycles. The number of rotatable bonds is 46. The Bertz CT molecular complexity index is 1130. The number of hydrogen-bond donors (Lipinski definition) is 2. The van der Waals surface area contributed by atoms with Gasteiger partial charge in [-0.3, -0.25) is 9.36 Å². The van der Waals surface area contributed by atoms with Crippen LogP contribution in [0, 0.1) is 0 Å². The number of amides is 1. The number of carbonyl (C=O) groups is 1. The Morgan fingerprint density at radius 1 is 0.574 bits per heavy atom. The normalized spacial score (nSPS) is 14.5. The second-order valence-corrected chi connectivity index (χ2v) is 19.9. The number of likely N-dealkylation sites (N-methyl/N-ethyl adjacent to an activating group) is 1. The first-order chi connectivity index (χ1) is 29.5. The van der Waals surface area contributed by atoms with Gasteiger partial charge in [-0.25, -0.2) is 0 Å². The summed E-state index contributed by atoms with van der Waals surface area (Å²) < 4.78 is 23.2. The molecule has 2 N–H and O–H groups in total. The summed E-state index contributed by atoms with van der Waals surface area (Å²) in [6.45, 7) is 4.62. The average Bonchev–Trinajstić information content (AvgIpc) is 3.21. The molecule has 0 aromatic heterocycles. The van der Waals surface area contributed by atoms with Gasteiger partial charge in [-0.15, -0.1) is 0 Å². The highest BCUT2D eigenvalue weighted by Gasteiger charge is 2.23. The second-order valence-electron chi connectivity index (χ2n) is 18.5. The van der Waals surface area contributed by atoms with E-state index >= 15 is 0 Å². The molecule has 0 fully saturated rings. The summed E-state index contributed by atoms with van der Waals surface area (Å²) in [6, 6.07) is -0.908. The van der Waals surface area contributed by atoms with Crippen LogP contribution < -0.4 is 10.2 Å². The Labute approximate surface area is 378 Å². The Kier molecular flexibility index (Phi) is 42.6. The maximum atomic E-state index is 12.9. The van der Waals surface area contributed by atoms with Crippen LogP contribution in [0.5, 0.6) is 0 Å². The number of aliphatic hydroxyl groups is 1. The summed E-state index contributed by atoms with van der Waals surface area (Å²) in [6.07, 6.45) is 56.0. The number of quaternary nitrogens is 1. The van der Waals surface area contributed by atoms with Gasteiger partial charge in [0, 0.05) is 6.42 Å². The largest absolute Gasteiger partial charge is 0.756 e. The van der Waals surface area contributed by atoms with Crippen molar-refractivity contribution in [2.75, 3.05) is 40.9 Å². The fraction of sp³-hybridized carbons (Fsp3) is 0.827. The summed E-state index contributed by atoms with van der Waals surface area (Å²) in [5, 5.41) is 13.8. The number of hydrogen-bond acceptors (Lipinski definition) is 6. The molecule has 0 aliphatic heterocycles.